The highest BCUT2D eigenvalue weighted by Crippen LogP contribution is 2.34. The van der Waals surface area contributed by atoms with Crippen LogP contribution in [0.15, 0.2) is 23.1 Å². The number of nitrogens with zero attached hydrogens (tertiary/aromatic N) is 1. The molecule has 0 bridgehead atoms. The van der Waals surface area contributed by atoms with Crippen LogP contribution in [0, 0.1) is 0 Å². The summed E-state index contributed by atoms with van der Waals surface area (Å²) < 4.78 is 61.3. The molecule has 0 spiro atoms. The molecule has 0 unspecified atom stereocenters. The van der Waals surface area contributed by atoms with Crippen molar-refractivity contribution in [3.05, 3.63) is 29.3 Å². The van der Waals surface area contributed by atoms with Gasteiger partial charge in [0.2, 0.25) is 10.0 Å². The molecule has 1 fully saturated rings. The van der Waals surface area contributed by atoms with Gasteiger partial charge >= 0.3 is 6.18 Å². The topological polar surface area (TPSA) is 92.5 Å². The van der Waals surface area contributed by atoms with Crippen LogP contribution in [0.5, 0.6) is 0 Å². The lowest BCUT2D eigenvalue weighted by atomic mass is 10.1. The summed E-state index contributed by atoms with van der Waals surface area (Å²) in [6.07, 6.45) is -4.88. The Morgan fingerprint density at radius 2 is 1.82 bits per heavy atom. The first kappa shape index (κ1) is 16.7. The van der Waals surface area contributed by atoms with Crippen molar-refractivity contribution in [1.82, 2.24) is 10.2 Å². The van der Waals surface area contributed by atoms with Gasteiger partial charge in [0.05, 0.1) is 10.5 Å². The van der Waals surface area contributed by atoms with Gasteiger partial charge < -0.3 is 10.2 Å². The number of sulfonamides is 1. The summed E-state index contributed by atoms with van der Waals surface area (Å²) in [4.78, 5) is 12.6. The third-order valence-electron chi connectivity index (χ3n) is 3.24. The molecule has 1 saturated heterocycles. The lowest BCUT2D eigenvalue weighted by Crippen LogP contribution is -2.46. The number of hydrogen-bond acceptors (Lipinski definition) is 4. The smallest absolute Gasteiger partial charge is 0.336 e. The van der Waals surface area contributed by atoms with E-state index in [2.05, 4.69) is 5.32 Å². The van der Waals surface area contributed by atoms with Crippen LogP contribution in [0.25, 0.3) is 0 Å². The summed E-state index contributed by atoms with van der Waals surface area (Å²) in [7, 11) is -4.61. The fourth-order valence-corrected chi connectivity index (χ4v) is 2.96. The highest BCUT2D eigenvalue weighted by molar-refractivity contribution is 7.89. The van der Waals surface area contributed by atoms with E-state index in [-0.39, 0.29) is 5.56 Å². The number of primary sulfonamides is 1. The SMILES string of the molecule is NS(=O)(=O)c1cc(C(=O)N2CCNCC2)ccc1C(F)(F)F. The lowest BCUT2D eigenvalue weighted by molar-refractivity contribution is -0.139. The van der Waals surface area contributed by atoms with Gasteiger partial charge in [0.1, 0.15) is 0 Å². The van der Waals surface area contributed by atoms with Crippen LogP contribution in [0.4, 0.5) is 13.2 Å². The zero-order valence-corrected chi connectivity index (χ0v) is 12.2. The molecule has 0 atom stereocenters. The van der Waals surface area contributed by atoms with Crippen LogP contribution in [0.2, 0.25) is 0 Å². The molecule has 1 heterocycles. The molecule has 0 saturated carbocycles. The van der Waals surface area contributed by atoms with Crippen LogP contribution in [-0.4, -0.2) is 45.4 Å². The van der Waals surface area contributed by atoms with Crippen molar-refractivity contribution < 1.29 is 26.4 Å². The van der Waals surface area contributed by atoms with Crippen LogP contribution in [0.1, 0.15) is 15.9 Å². The van der Waals surface area contributed by atoms with Gasteiger partial charge in [-0.05, 0) is 18.2 Å². The van der Waals surface area contributed by atoms with Crippen LogP contribution in [0.3, 0.4) is 0 Å². The number of benzene rings is 1. The highest BCUT2D eigenvalue weighted by atomic mass is 32.2. The Morgan fingerprint density at radius 3 is 2.32 bits per heavy atom. The zero-order valence-electron chi connectivity index (χ0n) is 11.4. The standard InChI is InChI=1S/C12H14F3N3O3S/c13-12(14,15)9-2-1-8(7-10(9)22(16,20)21)11(19)18-5-3-17-4-6-18/h1-2,7,17H,3-6H2,(H2,16,20,21). The largest absolute Gasteiger partial charge is 0.417 e. The molecule has 3 N–H and O–H groups in total. The Balaban J connectivity index is 2.45. The van der Waals surface area contributed by atoms with Gasteiger partial charge in [0.15, 0.2) is 0 Å². The number of carbonyl (C=O) groups excluding carboxylic acids is 1. The maximum atomic E-state index is 12.8. The summed E-state index contributed by atoms with van der Waals surface area (Å²) in [5.74, 6) is -0.528. The molecule has 22 heavy (non-hydrogen) atoms. The molecule has 0 aromatic heterocycles. The molecule has 122 valence electrons. The number of rotatable bonds is 2. The van der Waals surface area contributed by atoms with Gasteiger partial charge in [-0.3, -0.25) is 4.79 Å². The summed E-state index contributed by atoms with van der Waals surface area (Å²) >= 11 is 0. The van der Waals surface area contributed by atoms with E-state index in [9.17, 15) is 26.4 Å². The number of amides is 1. The van der Waals surface area contributed by atoms with E-state index in [4.69, 9.17) is 5.14 Å². The maximum Gasteiger partial charge on any atom is 0.417 e. The van der Waals surface area contributed by atoms with Gasteiger partial charge in [0, 0.05) is 31.7 Å². The number of piperazine rings is 1. The van der Waals surface area contributed by atoms with E-state index in [1.165, 1.54) is 4.90 Å². The molecule has 10 heteroatoms. The second kappa shape index (κ2) is 5.86. The predicted molar refractivity (Wildman–Crippen MR) is 71.6 cm³/mol. The van der Waals surface area contributed by atoms with Crippen molar-refractivity contribution >= 4 is 15.9 Å². The molecule has 0 aliphatic carbocycles. The van der Waals surface area contributed by atoms with Gasteiger partial charge in [-0.1, -0.05) is 0 Å². The Labute approximate surface area is 125 Å². The summed E-state index contributed by atoms with van der Waals surface area (Å²) in [5, 5.41) is 7.87. The van der Waals surface area contributed by atoms with Crippen LogP contribution in [-0.2, 0) is 16.2 Å². The van der Waals surface area contributed by atoms with E-state index < -0.39 is 32.6 Å². The maximum absolute atomic E-state index is 12.8. The molecule has 1 aromatic carbocycles. The highest BCUT2D eigenvalue weighted by Gasteiger charge is 2.37. The molecule has 1 aliphatic heterocycles. The molecular weight excluding hydrogens is 323 g/mol. The second-order valence-electron chi connectivity index (χ2n) is 4.80. The third kappa shape index (κ3) is 3.57. The van der Waals surface area contributed by atoms with Crippen molar-refractivity contribution in [2.45, 2.75) is 11.1 Å². The second-order valence-corrected chi connectivity index (χ2v) is 6.33. The molecular formula is C12H14F3N3O3S. The zero-order chi connectivity index (χ0) is 16.5. The van der Waals surface area contributed by atoms with Crippen molar-refractivity contribution in [2.75, 3.05) is 26.2 Å². The predicted octanol–water partition coefficient (Wildman–Crippen LogP) is 0.398. The minimum absolute atomic E-state index is 0.140. The Hall–Kier alpha value is -1.65. The van der Waals surface area contributed by atoms with E-state index in [1.54, 1.807) is 0 Å². The number of alkyl halides is 3. The van der Waals surface area contributed by atoms with Gasteiger partial charge in [-0.2, -0.15) is 13.2 Å². The van der Waals surface area contributed by atoms with Crippen LogP contribution < -0.4 is 10.5 Å². The van der Waals surface area contributed by atoms with E-state index >= 15 is 0 Å². The molecule has 2 rings (SSSR count). The average molecular weight is 337 g/mol. The monoisotopic (exact) mass is 337 g/mol. The number of halogens is 3. The Morgan fingerprint density at radius 1 is 1.23 bits per heavy atom. The first-order valence-corrected chi connectivity index (χ1v) is 7.89. The number of nitrogens with one attached hydrogen (secondary N) is 1. The number of carbonyl (C=O) groups is 1. The summed E-state index contributed by atoms with van der Waals surface area (Å²) in [6.45, 7) is 1.91. The lowest BCUT2D eigenvalue weighted by Gasteiger charge is -2.27. The fourth-order valence-electron chi connectivity index (χ4n) is 2.18. The van der Waals surface area contributed by atoms with Crippen molar-refractivity contribution in [1.29, 1.82) is 0 Å². The van der Waals surface area contributed by atoms with Gasteiger partial charge in [0.25, 0.3) is 5.91 Å². The fraction of sp³-hybridized carbons (Fsp3) is 0.417. The first-order valence-electron chi connectivity index (χ1n) is 6.35. The summed E-state index contributed by atoms with van der Waals surface area (Å²) in [5.41, 5.74) is -1.52. The van der Waals surface area contributed by atoms with Crippen LogP contribution >= 0.6 is 0 Å². The average Bonchev–Trinajstić information content (AvgIpc) is 2.45. The Kier molecular flexibility index (Phi) is 4.45. The number of nitrogens with two attached hydrogens (primary N) is 1. The van der Waals surface area contributed by atoms with Gasteiger partial charge in [-0.25, -0.2) is 13.6 Å². The minimum Gasteiger partial charge on any atom is -0.336 e. The first-order chi connectivity index (χ1) is 10.1. The van der Waals surface area contributed by atoms with Crippen molar-refractivity contribution in [3.8, 4) is 0 Å². The Bertz CT molecular complexity index is 683. The molecule has 1 amide bonds. The van der Waals surface area contributed by atoms with Crippen molar-refractivity contribution in [3.63, 3.8) is 0 Å². The normalized spacial score (nSPS) is 16.6. The van der Waals surface area contributed by atoms with Gasteiger partial charge in [-0.15, -0.1) is 0 Å². The molecule has 6 nitrogen and oxygen atoms in total. The molecule has 1 aliphatic rings. The molecule has 1 aromatic rings. The van der Waals surface area contributed by atoms with Crippen molar-refractivity contribution in [2.24, 2.45) is 5.14 Å². The minimum atomic E-state index is -4.88. The number of hydrogen-bond donors (Lipinski definition) is 2. The third-order valence-corrected chi connectivity index (χ3v) is 4.20. The molecule has 0 radical (unpaired) electrons. The van der Waals surface area contributed by atoms with E-state index in [0.717, 1.165) is 6.07 Å². The van der Waals surface area contributed by atoms with E-state index in [1.807, 2.05) is 0 Å². The van der Waals surface area contributed by atoms with E-state index in [0.29, 0.717) is 38.3 Å². The summed E-state index contributed by atoms with van der Waals surface area (Å²) in [6, 6.07) is 2.21. The quantitative estimate of drug-likeness (QED) is 0.817.